The molecule has 0 bridgehead atoms. The van der Waals surface area contributed by atoms with Crippen molar-refractivity contribution in [2.24, 2.45) is 0 Å². The maximum atomic E-state index is 12.0. The van der Waals surface area contributed by atoms with Crippen molar-refractivity contribution in [3.8, 4) is 11.8 Å². The second-order valence-electron chi connectivity index (χ2n) is 4.89. The molecule has 1 aromatic carbocycles. The molecule has 0 amide bonds. The van der Waals surface area contributed by atoms with E-state index in [-0.39, 0.29) is 11.7 Å². The number of nitriles is 1. The van der Waals surface area contributed by atoms with E-state index in [9.17, 15) is 4.79 Å². The average Bonchev–Trinajstić information content (AvgIpc) is 2.90. The van der Waals surface area contributed by atoms with Crippen LogP contribution in [-0.4, -0.2) is 21.3 Å². The van der Waals surface area contributed by atoms with E-state index in [0.717, 1.165) is 25.8 Å². The summed E-state index contributed by atoms with van der Waals surface area (Å²) in [6.45, 7) is 0.934. The van der Waals surface area contributed by atoms with Gasteiger partial charge in [0.05, 0.1) is 23.4 Å². The molecule has 1 fully saturated rings. The number of rotatable bonds is 2. The summed E-state index contributed by atoms with van der Waals surface area (Å²) in [5, 5.41) is 19.0. The Morgan fingerprint density at radius 3 is 3.05 bits per heavy atom. The van der Waals surface area contributed by atoms with E-state index in [0.29, 0.717) is 17.1 Å². The van der Waals surface area contributed by atoms with Gasteiger partial charge in [-0.2, -0.15) is 10.4 Å². The Kier molecular flexibility index (Phi) is 3.35. The van der Waals surface area contributed by atoms with Crippen molar-refractivity contribution in [1.29, 1.82) is 5.26 Å². The summed E-state index contributed by atoms with van der Waals surface area (Å²) >= 11 is 0. The summed E-state index contributed by atoms with van der Waals surface area (Å²) in [4.78, 5) is 12.0. The molecule has 0 spiro atoms. The van der Waals surface area contributed by atoms with Crippen LogP contribution in [0.5, 0.6) is 0 Å². The van der Waals surface area contributed by atoms with Crippen LogP contribution in [0.3, 0.4) is 0 Å². The largest absolute Gasteiger partial charge is 0.347 e. The van der Waals surface area contributed by atoms with Crippen molar-refractivity contribution in [3.63, 3.8) is 0 Å². The summed E-state index contributed by atoms with van der Waals surface area (Å²) in [6.07, 6.45) is 3.23. The quantitative estimate of drug-likeness (QED) is 0.859. The molecule has 1 unspecified atom stereocenters. The van der Waals surface area contributed by atoms with Crippen LogP contribution in [0.2, 0.25) is 0 Å². The third-order valence-electron chi connectivity index (χ3n) is 3.55. The number of H-pyrrole nitrogens is 1. The lowest BCUT2D eigenvalue weighted by atomic mass is 10.0. The van der Waals surface area contributed by atoms with Crippen molar-refractivity contribution in [3.05, 3.63) is 46.1 Å². The summed E-state index contributed by atoms with van der Waals surface area (Å²) in [5.74, 6) is 0.685. The Morgan fingerprint density at radius 1 is 1.40 bits per heavy atom. The molecule has 2 heterocycles. The first-order chi connectivity index (χ1) is 9.79. The number of benzene rings is 1. The molecule has 1 atom stereocenters. The zero-order valence-electron chi connectivity index (χ0n) is 11.0. The highest BCUT2D eigenvalue weighted by molar-refractivity contribution is 5.41. The van der Waals surface area contributed by atoms with E-state index >= 15 is 0 Å². The zero-order valence-corrected chi connectivity index (χ0v) is 11.0. The summed E-state index contributed by atoms with van der Waals surface area (Å²) < 4.78 is 1.55. The van der Waals surface area contributed by atoms with E-state index in [1.807, 2.05) is 6.07 Å². The smallest absolute Gasteiger partial charge is 0.307 e. The van der Waals surface area contributed by atoms with Gasteiger partial charge in [-0.15, -0.1) is 0 Å². The average molecular weight is 269 g/mol. The Morgan fingerprint density at radius 2 is 2.30 bits per heavy atom. The number of aromatic amines is 1. The highest BCUT2D eigenvalue weighted by Gasteiger charge is 2.22. The van der Waals surface area contributed by atoms with Gasteiger partial charge in [0.15, 0.2) is 5.82 Å². The molecule has 1 saturated heterocycles. The van der Waals surface area contributed by atoms with Gasteiger partial charge in [0, 0.05) is 0 Å². The van der Waals surface area contributed by atoms with Crippen LogP contribution in [0, 0.1) is 11.3 Å². The molecule has 0 aliphatic carbocycles. The minimum Gasteiger partial charge on any atom is -0.307 e. The van der Waals surface area contributed by atoms with Crippen molar-refractivity contribution in [2.75, 3.05) is 6.54 Å². The molecule has 0 radical (unpaired) electrons. The van der Waals surface area contributed by atoms with Crippen molar-refractivity contribution >= 4 is 0 Å². The van der Waals surface area contributed by atoms with Gasteiger partial charge in [0.25, 0.3) is 0 Å². The molecule has 1 aromatic heterocycles. The first-order valence-corrected chi connectivity index (χ1v) is 6.71. The molecule has 20 heavy (non-hydrogen) atoms. The molecule has 6 nitrogen and oxygen atoms in total. The number of nitrogens with zero attached hydrogens (tertiary/aromatic N) is 3. The maximum Gasteiger partial charge on any atom is 0.347 e. The lowest BCUT2D eigenvalue weighted by Crippen LogP contribution is -2.30. The normalized spacial score (nSPS) is 18.6. The summed E-state index contributed by atoms with van der Waals surface area (Å²) in [6, 6.07) is 9.16. The van der Waals surface area contributed by atoms with Gasteiger partial charge in [-0.25, -0.2) is 14.5 Å². The van der Waals surface area contributed by atoms with Crippen LogP contribution in [0.15, 0.2) is 29.1 Å². The lowest BCUT2D eigenvalue weighted by molar-refractivity contribution is 0.393. The highest BCUT2D eigenvalue weighted by Crippen LogP contribution is 2.22. The second kappa shape index (κ2) is 5.31. The predicted octanol–water partition coefficient (Wildman–Crippen LogP) is 1.25. The fraction of sp³-hybridized carbons (Fsp3) is 0.357. The van der Waals surface area contributed by atoms with Gasteiger partial charge < -0.3 is 5.32 Å². The SMILES string of the molecule is N#Cc1cccc(-n2c(C3CCCCN3)n[nH]c2=O)c1. The van der Waals surface area contributed by atoms with Gasteiger partial charge in [0.1, 0.15) is 0 Å². The van der Waals surface area contributed by atoms with Gasteiger partial charge in [-0.05, 0) is 37.6 Å². The standard InChI is InChI=1S/C14H15N5O/c15-9-10-4-3-5-11(8-10)19-13(17-18-14(19)20)12-6-1-2-7-16-12/h3-5,8,12,16H,1-2,6-7H2,(H,18,20). The van der Waals surface area contributed by atoms with Crippen molar-refractivity contribution in [2.45, 2.75) is 25.3 Å². The fourth-order valence-corrected chi connectivity index (χ4v) is 2.58. The molecule has 3 rings (SSSR count). The number of nitrogens with one attached hydrogen (secondary N) is 2. The molecule has 102 valence electrons. The van der Waals surface area contributed by atoms with E-state index in [4.69, 9.17) is 5.26 Å². The number of piperidine rings is 1. The van der Waals surface area contributed by atoms with Crippen LogP contribution >= 0.6 is 0 Å². The molecule has 1 aliphatic heterocycles. The van der Waals surface area contributed by atoms with Gasteiger partial charge in [0.2, 0.25) is 0 Å². The van der Waals surface area contributed by atoms with Crippen LogP contribution in [-0.2, 0) is 0 Å². The third kappa shape index (κ3) is 2.24. The molecular formula is C14H15N5O. The molecular weight excluding hydrogens is 254 g/mol. The molecule has 6 heteroatoms. The zero-order chi connectivity index (χ0) is 13.9. The third-order valence-corrected chi connectivity index (χ3v) is 3.55. The van der Waals surface area contributed by atoms with Gasteiger partial charge in [-0.1, -0.05) is 12.5 Å². The number of hydrogen-bond acceptors (Lipinski definition) is 4. The van der Waals surface area contributed by atoms with E-state index < -0.39 is 0 Å². The maximum absolute atomic E-state index is 12.0. The van der Waals surface area contributed by atoms with Gasteiger partial charge in [-0.3, -0.25) is 0 Å². The minimum absolute atomic E-state index is 0.0773. The van der Waals surface area contributed by atoms with Crippen molar-refractivity contribution in [1.82, 2.24) is 20.1 Å². The van der Waals surface area contributed by atoms with E-state index in [2.05, 4.69) is 21.6 Å². The van der Waals surface area contributed by atoms with Crippen LogP contribution in [0.4, 0.5) is 0 Å². The van der Waals surface area contributed by atoms with E-state index in [1.165, 1.54) is 0 Å². The van der Waals surface area contributed by atoms with Crippen LogP contribution < -0.4 is 11.0 Å². The topological polar surface area (TPSA) is 86.5 Å². The highest BCUT2D eigenvalue weighted by atomic mass is 16.1. The molecule has 2 N–H and O–H groups in total. The molecule has 1 aliphatic rings. The molecule has 2 aromatic rings. The van der Waals surface area contributed by atoms with Crippen LogP contribution in [0.1, 0.15) is 36.7 Å². The number of hydrogen-bond donors (Lipinski definition) is 2. The summed E-state index contributed by atoms with van der Waals surface area (Å²) in [5.41, 5.74) is 0.922. The predicted molar refractivity (Wildman–Crippen MR) is 73.5 cm³/mol. The Balaban J connectivity index is 2.06. The monoisotopic (exact) mass is 269 g/mol. The Hall–Kier alpha value is -2.39. The van der Waals surface area contributed by atoms with Gasteiger partial charge >= 0.3 is 5.69 Å². The first kappa shape index (κ1) is 12.6. The lowest BCUT2D eigenvalue weighted by Gasteiger charge is -2.22. The summed E-state index contributed by atoms with van der Waals surface area (Å²) in [7, 11) is 0. The van der Waals surface area contributed by atoms with E-state index in [1.54, 1.807) is 22.8 Å². The second-order valence-corrected chi connectivity index (χ2v) is 4.89. The first-order valence-electron chi connectivity index (χ1n) is 6.71. The van der Waals surface area contributed by atoms with Crippen molar-refractivity contribution < 1.29 is 0 Å². The fourth-order valence-electron chi connectivity index (χ4n) is 2.58. The number of aromatic nitrogens is 3. The minimum atomic E-state index is -0.275. The Labute approximate surface area is 116 Å². The Bertz CT molecular complexity index is 703. The van der Waals surface area contributed by atoms with Crippen LogP contribution in [0.25, 0.3) is 5.69 Å². The molecule has 0 saturated carbocycles.